The van der Waals surface area contributed by atoms with Crippen molar-refractivity contribution in [3.05, 3.63) is 69.4 Å². The molecule has 0 N–H and O–H groups in total. The van der Waals surface area contributed by atoms with Crippen LogP contribution in [0.4, 0.5) is 4.39 Å². The molecule has 2 aromatic carbocycles. The molecule has 19 heavy (non-hydrogen) atoms. The van der Waals surface area contributed by atoms with Crippen LogP contribution in [0.15, 0.2) is 46.9 Å². The maximum Gasteiger partial charge on any atom is 0.170 e. The first-order valence-electron chi connectivity index (χ1n) is 6.24. The summed E-state index contributed by atoms with van der Waals surface area (Å²) in [6.45, 7) is 0. The summed E-state index contributed by atoms with van der Waals surface area (Å²) < 4.78 is 14.2. The molecule has 3 rings (SSSR count). The van der Waals surface area contributed by atoms with Crippen molar-refractivity contribution in [2.45, 2.75) is 18.8 Å². The van der Waals surface area contributed by atoms with Gasteiger partial charge in [0.25, 0.3) is 0 Å². The van der Waals surface area contributed by atoms with Gasteiger partial charge in [-0.1, -0.05) is 40.2 Å². The van der Waals surface area contributed by atoms with Crippen LogP contribution in [0, 0.1) is 5.82 Å². The summed E-state index contributed by atoms with van der Waals surface area (Å²) in [7, 11) is 0. The van der Waals surface area contributed by atoms with Gasteiger partial charge < -0.3 is 0 Å². The van der Waals surface area contributed by atoms with Crippen LogP contribution in [0.5, 0.6) is 0 Å². The van der Waals surface area contributed by atoms with Crippen LogP contribution < -0.4 is 0 Å². The van der Waals surface area contributed by atoms with Gasteiger partial charge in [0.2, 0.25) is 0 Å². The second-order valence-corrected chi connectivity index (χ2v) is 5.63. The van der Waals surface area contributed by atoms with Crippen molar-refractivity contribution in [2.75, 3.05) is 0 Å². The molecule has 2 aromatic rings. The number of fused-ring (bicyclic) bond motifs is 1. The van der Waals surface area contributed by atoms with Gasteiger partial charge in [-0.25, -0.2) is 4.39 Å². The van der Waals surface area contributed by atoms with Crippen LogP contribution in [0.25, 0.3) is 0 Å². The fraction of sp³-hybridized carbons (Fsp3) is 0.188. The molecule has 0 bridgehead atoms. The molecule has 1 aliphatic rings. The van der Waals surface area contributed by atoms with Gasteiger partial charge in [0, 0.05) is 16.0 Å². The molecule has 1 atom stereocenters. The number of benzene rings is 2. The van der Waals surface area contributed by atoms with Crippen LogP contribution in [0.1, 0.15) is 33.8 Å². The quantitative estimate of drug-likeness (QED) is 0.756. The predicted octanol–water partition coefficient (Wildman–Crippen LogP) is 4.50. The Hall–Kier alpha value is -1.48. The molecule has 0 aliphatic heterocycles. The summed E-state index contributed by atoms with van der Waals surface area (Å²) in [4.78, 5) is 12.5. The molecular formula is C16H12BrFO. The molecule has 0 saturated heterocycles. The zero-order valence-electron chi connectivity index (χ0n) is 10.2. The first-order chi connectivity index (χ1) is 9.16. The van der Waals surface area contributed by atoms with Crippen molar-refractivity contribution in [2.24, 2.45) is 0 Å². The Morgan fingerprint density at radius 3 is 2.79 bits per heavy atom. The van der Waals surface area contributed by atoms with Crippen LogP contribution in [0.2, 0.25) is 0 Å². The maximum absolute atomic E-state index is 13.4. The normalized spacial score (nSPS) is 18.2. The van der Waals surface area contributed by atoms with E-state index in [2.05, 4.69) is 15.9 Å². The first kappa shape index (κ1) is 12.5. The lowest BCUT2D eigenvalue weighted by molar-refractivity contribution is 0.0946. The minimum atomic E-state index is -0.301. The lowest BCUT2D eigenvalue weighted by atomic mass is 9.79. The summed E-state index contributed by atoms with van der Waals surface area (Å²) in [6.07, 6.45) is 1.59. The standard InChI is InChI=1S/C16H12BrFO/c17-15-8-6-11(18)9-14(15)13-7-5-10-3-1-2-4-12(10)16(13)19/h1-4,6,8-9,13H,5,7H2. The van der Waals surface area contributed by atoms with Gasteiger partial charge in [-0.3, -0.25) is 4.79 Å². The fourth-order valence-corrected chi connectivity index (χ4v) is 3.20. The molecule has 0 radical (unpaired) electrons. The highest BCUT2D eigenvalue weighted by molar-refractivity contribution is 9.10. The topological polar surface area (TPSA) is 17.1 Å². The highest BCUT2D eigenvalue weighted by Gasteiger charge is 2.29. The monoisotopic (exact) mass is 318 g/mol. The summed E-state index contributed by atoms with van der Waals surface area (Å²) in [5.41, 5.74) is 2.62. The van der Waals surface area contributed by atoms with Gasteiger partial charge >= 0.3 is 0 Å². The van der Waals surface area contributed by atoms with Crippen molar-refractivity contribution >= 4 is 21.7 Å². The highest BCUT2D eigenvalue weighted by atomic mass is 79.9. The van der Waals surface area contributed by atoms with Gasteiger partial charge in [0.05, 0.1) is 0 Å². The lowest BCUT2D eigenvalue weighted by Gasteiger charge is -2.24. The summed E-state index contributed by atoms with van der Waals surface area (Å²) in [5.74, 6) is -0.460. The van der Waals surface area contributed by atoms with Crippen molar-refractivity contribution in [3.63, 3.8) is 0 Å². The van der Waals surface area contributed by atoms with Gasteiger partial charge in [0.15, 0.2) is 5.78 Å². The van der Waals surface area contributed by atoms with Crippen LogP contribution in [-0.4, -0.2) is 5.78 Å². The third-order valence-corrected chi connectivity index (χ3v) is 4.36. The van der Waals surface area contributed by atoms with E-state index in [0.717, 1.165) is 34.0 Å². The first-order valence-corrected chi connectivity index (χ1v) is 7.03. The van der Waals surface area contributed by atoms with E-state index in [0.29, 0.717) is 0 Å². The highest BCUT2D eigenvalue weighted by Crippen LogP contribution is 2.36. The lowest BCUT2D eigenvalue weighted by Crippen LogP contribution is -2.21. The van der Waals surface area contributed by atoms with Gasteiger partial charge in [-0.15, -0.1) is 0 Å². The second kappa shape index (κ2) is 4.89. The smallest absolute Gasteiger partial charge is 0.170 e. The Morgan fingerprint density at radius 2 is 1.95 bits per heavy atom. The van der Waals surface area contributed by atoms with Gasteiger partial charge in [-0.2, -0.15) is 0 Å². The van der Waals surface area contributed by atoms with E-state index in [4.69, 9.17) is 0 Å². The number of hydrogen-bond donors (Lipinski definition) is 0. The minimum Gasteiger partial charge on any atom is -0.293 e. The molecule has 96 valence electrons. The third-order valence-electron chi connectivity index (χ3n) is 3.64. The third kappa shape index (κ3) is 2.23. The number of halogens is 2. The Labute approximate surface area is 119 Å². The molecule has 0 heterocycles. The Balaban J connectivity index is 2.05. The number of ketones is 1. The van der Waals surface area contributed by atoms with E-state index in [1.807, 2.05) is 24.3 Å². The van der Waals surface area contributed by atoms with E-state index in [-0.39, 0.29) is 17.5 Å². The average molecular weight is 319 g/mol. The summed E-state index contributed by atoms with van der Waals surface area (Å²) in [5, 5.41) is 0. The van der Waals surface area contributed by atoms with E-state index in [1.54, 1.807) is 6.07 Å². The largest absolute Gasteiger partial charge is 0.293 e. The summed E-state index contributed by atoms with van der Waals surface area (Å²) in [6, 6.07) is 12.2. The van der Waals surface area contributed by atoms with Crippen molar-refractivity contribution < 1.29 is 9.18 Å². The van der Waals surface area contributed by atoms with Crippen LogP contribution in [0.3, 0.4) is 0 Å². The average Bonchev–Trinajstić information content (AvgIpc) is 2.43. The van der Waals surface area contributed by atoms with Crippen LogP contribution in [-0.2, 0) is 6.42 Å². The van der Waals surface area contributed by atoms with E-state index in [1.165, 1.54) is 12.1 Å². The zero-order valence-corrected chi connectivity index (χ0v) is 11.8. The molecule has 1 nitrogen and oxygen atoms in total. The van der Waals surface area contributed by atoms with E-state index < -0.39 is 0 Å². The zero-order chi connectivity index (χ0) is 13.4. The van der Waals surface area contributed by atoms with Crippen molar-refractivity contribution in [1.82, 2.24) is 0 Å². The Morgan fingerprint density at radius 1 is 1.16 bits per heavy atom. The minimum absolute atomic E-state index is 0.0909. The number of hydrogen-bond acceptors (Lipinski definition) is 1. The molecular weight excluding hydrogens is 307 g/mol. The maximum atomic E-state index is 13.4. The van der Waals surface area contributed by atoms with Crippen LogP contribution >= 0.6 is 15.9 Å². The number of carbonyl (C=O) groups excluding carboxylic acids is 1. The second-order valence-electron chi connectivity index (χ2n) is 4.78. The number of carbonyl (C=O) groups is 1. The van der Waals surface area contributed by atoms with E-state index in [9.17, 15) is 9.18 Å². The molecule has 0 saturated carbocycles. The Kier molecular flexibility index (Phi) is 3.23. The number of rotatable bonds is 1. The van der Waals surface area contributed by atoms with Crippen molar-refractivity contribution in [1.29, 1.82) is 0 Å². The summed E-state index contributed by atoms with van der Waals surface area (Å²) >= 11 is 3.41. The van der Waals surface area contributed by atoms with Crippen molar-refractivity contribution in [3.8, 4) is 0 Å². The number of aryl methyl sites for hydroxylation is 1. The number of Topliss-reactive ketones (excluding diaryl/α,β-unsaturated/α-hetero) is 1. The molecule has 0 fully saturated rings. The van der Waals surface area contributed by atoms with Gasteiger partial charge in [-0.05, 0) is 42.2 Å². The molecule has 0 aromatic heterocycles. The molecule has 0 amide bonds. The molecule has 1 unspecified atom stereocenters. The van der Waals surface area contributed by atoms with Gasteiger partial charge in [0.1, 0.15) is 5.82 Å². The SMILES string of the molecule is O=C1c2ccccc2CCC1c1cc(F)ccc1Br. The Bertz CT molecular complexity index is 651. The van der Waals surface area contributed by atoms with E-state index >= 15 is 0 Å². The molecule has 3 heteroatoms. The molecule has 0 spiro atoms. The molecule has 1 aliphatic carbocycles. The predicted molar refractivity (Wildman–Crippen MR) is 75.9 cm³/mol. The fourth-order valence-electron chi connectivity index (χ4n) is 2.68.